The van der Waals surface area contributed by atoms with Gasteiger partial charge in [-0.1, -0.05) is 92.4 Å². The van der Waals surface area contributed by atoms with E-state index in [2.05, 4.69) is 34.6 Å². The van der Waals surface area contributed by atoms with Crippen LogP contribution in [0.4, 0.5) is 0 Å². The second-order valence-electron chi connectivity index (χ2n) is 9.40. The molecule has 3 heteroatoms. The molecule has 0 aliphatic heterocycles. The predicted octanol–water partition coefficient (Wildman–Crippen LogP) is 7.90. The maximum atomic E-state index is 11.7. The smallest absolute Gasteiger partial charge is 0.374 e. The van der Waals surface area contributed by atoms with Crippen LogP contribution in [0.25, 0.3) is 0 Å². The predicted molar refractivity (Wildman–Crippen MR) is 117 cm³/mol. The first-order valence-electron chi connectivity index (χ1n) is 11.6. The van der Waals surface area contributed by atoms with E-state index in [1.807, 2.05) is 0 Å². The fraction of sp³-hybridized carbons (Fsp3) is 0.800. The minimum absolute atomic E-state index is 0.288. The Hall–Kier alpha value is -1.25. The van der Waals surface area contributed by atoms with E-state index in [1.54, 1.807) is 12.1 Å². The Kier molecular flexibility index (Phi) is 13.0. The quantitative estimate of drug-likeness (QED) is 0.268. The summed E-state index contributed by atoms with van der Waals surface area (Å²) in [6.45, 7) is 12.2. The molecule has 0 radical (unpaired) electrons. The molecule has 0 aromatic carbocycles. The lowest BCUT2D eigenvalue weighted by molar-refractivity contribution is 0.0447. The summed E-state index contributed by atoms with van der Waals surface area (Å²) in [6.07, 6.45) is 14.5. The summed E-state index contributed by atoms with van der Waals surface area (Å²) in [4.78, 5) is 11.7. The largest absolute Gasteiger partial charge is 0.460 e. The molecule has 0 fully saturated rings. The Labute approximate surface area is 173 Å². The zero-order chi connectivity index (χ0) is 20.8. The van der Waals surface area contributed by atoms with Crippen molar-refractivity contribution >= 4 is 5.97 Å². The molecule has 0 N–H and O–H groups in total. The fourth-order valence-corrected chi connectivity index (χ4v) is 3.76. The van der Waals surface area contributed by atoms with Crippen LogP contribution in [0.15, 0.2) is 22.8 Å². The molecule has 1 unspecified atom stereocenters. The van der Waals surface area contributed by atoms with Gasteiger partial charge in [-0.3, -0.25) is 0 Å². The van der Waals surface area contributed by atoms with E-state index in [0.29, 0.717) is 12.5 Å². The minimum atomic E-state index is -0.357. The number of rotatable bonds is 16. The Morgan fingerprint density at radius 3 is 1.79 bits per heavy atom. The standard InChI is InChI=1S/C25H44O3/c1-20(2)10-6-11-21(3)12-7-13-22(4)14-8-15-23(5)17-19-28-25(26)24-16-9-18-27-24/h9,16,18,20-23H,6-8,10-15,17,19H2,1-5H3/t21-,22-,23?/m1/s1. The normalized spacial score (nSPS) is 14.8. The van der Waals surface area contributed by atoms with Crippen LogP contribution in [0, 0.1) is 23.7 Å². The summed E-state index contributed by atoms with van der Waals surface area (Å²) in [5.74, 6) is 3.08. The van der Waals surface area contributed by atoms with Gasteiger partial charge in [0.25, 0.3) is 0 Å². The summed E-state index contributed by atoms with van der Waals surface area (Å²) in [6, 6.07) is 3.34. The van der Waals surface area contributed by atoms with Crippen molar-refractivity contribution in [2.24, 2.45) is 23.7 Å². The lowest BCUT2D eigenvalue weighted by atomic mass is 9.91. The Morgan fingerprint density at radius 1 is 0.821 bits per heavy atom. The van der Waals surface area contributed by atoms with Crippen molar-refractivity contribution in [2.45, 2.75) is 98.8 Å². The molecule has 0 saturated carbocycles. The first-order chi connectivity index (χ1) is 13.4. The number of ether oxygens (including phenoxy) is 1. The lowest BCUT2D eigenvalue weighted by Gasteiger charge is -2.16. The molecular formula is C25H44O3. The second-order valence-corrected chi connectivity index (χ2v) is 9.40. The third-order valence-corrected chi connectivity index (χ3v) is 5.83. The number of carbonyl (C=O) groups is 1. The van der Waals surface area contributed by atoms with Crippen LogP contribution in [-0.4, -0.2) is 12.6 Å². The SMILES string of the molecule is CC(C)CCC[C@@H](C)CCC[C@@H](C)CCCC(C)CCOC(=O)c1ccco1. The highest BCUT2D eigenvalue weighted by atomic mass is 16.5. The Bertz CT molecular complexity index is 492. The van der Waals surface area contributed by atoms with Crippen LogP contribution in [-0.2, 0) is 4.74 Å². The summed E-state index contributed by atoms with van der Waals surface area (Å²) in [5, 5.41) is 0. The summed E-state index contributed by atoms with van der Waals surface area (Å²) >= 11 is 0. The molecule has 1 aromatic heterocycles. The summed E-state index contributed by atoms with van der Waals surface area (Å²) in [5.41, 5.74) is 0. The summed E-state index contributed by atoms with van der Waals surface area (Å²) < 4.78 is 10.3. The first kappa shape index (κ1) is 24.8. The van der Waals surface area contributed by atoms with E-state index >= 15 is 0 Å². The highest BCUT2D eigenvalue weighted by molar-refractivity contribution is 5.86. The molecule has 0 spiro atoms. The molecule has 3 atom stereocenters. The third kappa shape index (κ3) is 12.3. The topological polar surface area (TPSA) is 39.4 Å². The van der Waals surface area contributed by atoms with Crippen molar-refractivity contribution in [1.82, 2.24) is 0 Å². The van der Waals surface area contributed by atoms with E-state index < -0.39 is 0 Å². The Morgan fingerprint density at radius 2 is 1.32 bits per heavy atom. The second kappa shape index (κ2) is 14.7. The molecule has 0 aliphatic carbocycles. The Balaban J connectivity index is 1.98. The molecule has 1 heterocycles. The average Bonchev–Trinajstić information content (AvgIpc) is 3.16. The van der Waals surface area contributed by atoms with E-state index in [4.69, 9.17) is 9.15 Å². The maximum Gasteiger partial charge on any atom is 0.374 e. The number of hydrogen-bond donors (Lipinski definition) is 0. The molecule has 0 amide bonds. The first-order valence-corrected chi connectivity index (χ1v) is 11.6. The van der Waals surface area contributed by atoms with E-state index in [0.717, 1.165) is 24.2 Å². The van der Waals surface area contributed by atoms with Crippen LogP contribution in [0.2, 0.25) is 0 Å². The molecule has 1 rings (SSSR count). The van der Waals surface area contributed by atoms with E-state index in [9.17, 15) is 4.79 Å². The number of carbonyl (C=O) groups excluding carboxylic acids is 1. The zero-order valence-electron chi connectivity index (χ0n) is 19.0. The monoisotopic (exact) mass is 392 g/mol. The minimum Gasteiger partial charge on any atom is -0.460 e. The molecule has 162 valence electrons. The van der Waals surface area contributed by atoms with Crippen LogP contribution in [0.5, 0.6) is 0 Å². The van der Waals surface area contributed by atoms with Gasteiger partial charge in [0.1, 0.15) is 0 Å². The van der Waals surface area contributed by atoms with Gasteiger partial charge in [-0.05, 0) is 42.2 Å². The molecule has 1 aromatic rings. The number of esters is 1. The molecule has 3 nitrogen and oxygen atoms in total. The van der Waals surface area contributed by atoms with Gasteiger partial charge in [-0.2, -0.15) is 0 Å². The highest BCUT2D eigenvalue weighted by Crippen LogP contribution is 2.22. The van der Waals surface area contributed by atoms with E-state index in [-0.39, 0.29) is 11.7 Å². The van der Waals surface area contributed by atoms with Crippen molar-refractivity contribution in [3.05, 3.63) is 24.2 Å². The van der Waals surface area contributed by atoms with Gasteiger partial charge in [0.05, 0.1) is 12.9 Å². The zero-order valence-corrected chi connectivity index (χ0v) is 19.0. The van der Waals surface area contributed by atoms with Crippen LogP contribution >= 0.6 is 0 Å². The van der Waals surface area contributed by atoms with Crippen molar-refractivity contribution in [1.29, 1.82) is 0 Å². The number of hydrogen-bond acceptors (Lipinski definition) is 3. The van der Waals surface area contributed by atoms with Gasteiger partial charge < -0.3 is 9.15 Å². The van der Waals surface area contributed by atoms with Gasteiger partial charge in [0.15, 0.2) is 0 Å². The lowest BCUT2D eigenvalue weighted by Crippen LogP contribution is -2.08. The average molecular weight is 393 g/mol. The van der Waals surface area contributed by atoms with Crippen molar-refractivity contribution < 1.29 is 13.9 Å². The van der Waals surface area contributed by atoms with Gasteiger partial charge in [-0.25, -0.2) is 4.79 Å². The van der Waals surface area contributed by atoms with Crippen molar-refractivity contribution in [3.8, 4) is 0 Å². The molecule has 0 bridgehead atoms. The van der Waals surface area contributed by atoms with Gasteiger partial charge >= 0.3 is 5.97 Å². The van der Waals surface area contributed by atoms with E-state index in [1.165, 1.54) is 64.1 Å². The van der Waals surface area contributed by atoms with Crippen molar-refractivity contribution in [2.75, 3.05) is 6.61 Å². The number of furan rings is 1. The van der Waals surface area contributed by atoms with Crippen LogP contribution in [0.1, 0.15) is 109 Å². The molecular weight excluding hydrogens is 348 g/mol. The summed E-state index contributed by atoms with van der Waals surface area (Å²) in [7, 11) is 0. The van der Waals surface area contributed by atoms with Crippen LogP contribution in [0.3, 0.4) is 0 Å². The highest BCUT2D eigenvalue weighted by Gasteiger charge is 2.11. The fourth-order valence-electron chi connectivity index (χ4n) is 3.76. The molecule has 0 aliphatic rings. The maximum absolute atomic E-state index is 11.7. The molecule has 28 heavy (non-hydrogen) atoms. The van der Waals surface area contributed by atoms with Crippen LogP contribution < -0.4 is 0 Å². The van der Waals surface area contributed by atoms with Gasteiger partial charge in [-0.15, -0.1) is 0 Å². The van der Waals surface area contributed by atoms with Gasteiger partial charge in [0, 0.05) is 0 Å². The third-order valence-electron chi connectivity index (χ3n) is 5.83. The van der Waals surface area contributed by atoms with Gasteiger partial charge in [0.2, 0.25) is 5.76 Å². The van der Waals surface area contributed by atoms with Crippen molar-refractivity contribution in [3.63, 3.8) is 0 Å². The molecule has 0 saturated heterocycles.